The van der Waals surface area contributed by atoms with Gasteiger partial charge in [0.1, 0.15) is 0 Å². The second-order valence-corrected chi connectivity index (χ2v) is 23.2. The van der Waals surface area contributed by atoms with E-state index in [1.54, 1.807) is 0 Å². The maximum atomic E-state index is 2.53. The van der Waals surface area contributed by atoms with Crippen LogP contribution in [-0.2, 0) is 10.8 Å². The van der Waals surface area contributed by atoms with E-state index in [9.17, 15) is 0 Å². The van der Waals surface area contributed by atoms with E-state index < -0.39 is 0 Å². The third kappa shape index (κ3) is 6.85. The van der Waals surface area contributed by atoms with Crippen molar-refractivity contribution in [3.8, 4) is 44.5 Å². The average molecular weight is 1020 g/mol. The fraction of sp³-hybridized carbons (Fsp3) is 0.0769. The Labute approximate surface area is 467 Å². The summed E-state index contributed by atoms with van der Waals surface area (Å²) < 4.78 is 0. The van der Waals surface area contributed by atoms with Crippen molar-refractivity contribution in [2.24, 2.45) is 0 Å². The van der Waals surface area contributed by atoms with Gasteiger partial charge in [0.25, 0.3) is 0 Å². The molecule has 0 aliphatic heterocycles. The molecule has 16 rings (SSSR count). The minimum Gasteiger partial charge on any atom is -0.310 e. The Morgan fingerprint density at radius 2 is 0.600 bits per heavy atom. The van der Waals surface area contributed by atoms with E-state index in [1.165, 1.54) is 121 Å². The molecule has 0 fully saturated rings. The average Bonchev–Trinajstić information content (AvgIpc) is 4.03. The van der Waals surface area contributed by atoms with Crippen molar-refractivity contribution in [3.05, 3.63) is 289 Å². The highest BCUT2D eigenvalue weighted by molar-refractivity contribution is 6.32. The van der Waals surface area contributed by atoms with Crippen molar-refractivity contribution in [1.29, 1.82) is 0 Å². The zero-order valence-corrected chi connectivity index (χ0v) is 45.3. The molecule has 0 bridgehead atoms. The monoisotopic (exact) mass is 1020 g/mol. The molecule has 0 unspecified atom stereocenters. The van der Waals surface area contributed by atoms with Crippen LogP contribution < -0.4 is 9.80 Å². The minimum atomic E-state index is -0.179. The lowest BCUT2D eigenvalue weighted by atomic mass is 9.82. The van der Waals surface area contributed by atoms with Gasteiger partial charge in [-0.25, -0.2) is 0 Å². The number of para-hydroxylation sites is 2. The van der Waals surface area contributed by atoms with E-state index >= 15 is 0 Å². The first kappa shape index (κ1) is 46.3. The normalized spacial score (nSPS) is 13.7. The summed E-state index contributed by atoms with van der Waals surface area (Å²) in [6.45, 7) is 9.53. The van der Waals surface area contributed by atoms with Crippen LogP contribution in [0.4, 0.5) is 34.1 Å². The molecule has 0 aromatic heterocycles. The van der Waals surface area contributed by atoms with Crippen molar-refractivity contribution >= 4 is 88.0 Å². The van der Waals surface area contributed by atoms with Crippen LogP contribution in [0.2, 0.25) is 0 Å². The standard InChI is InChI=1S/C78H56N2/c1-77(2)69-29-17-15-27-59(69)61-37-35-57(45-71(61)77)79(55-23-7-5-8-24-55)73-47-67(53-33-31-49-19-11-13-21-51(49)43-53)63-40-42-66-74(48-68(64-39-41-65(73)75(63)76(64)66)54-34-32-50-20-12-14-22-52(50)44-54)80(56-25-9-6-10-26-56)58-36-38-62-60-28-16-18-30-70(60)78(3,4)72(62)46-58/h5-48H,1-4H3. The third-order valence-electron chi connectivity index (χ3n) is 18.1. The van der Waals surface area contributed by atoms with Crippen LogP contribution in [0.25, 0.3) is 98.4 Å². The van der Waals surface area contributed by atoms with Gasteiger partial charge < -0.3 is 9.80 Å². The summed E-state index contributed by atoms with van der Waals surface area (Å²) in [5.41, 5.74) is 21.8. The summed E-state index contributed by atoms with van der Waals surface area (Å²) in [4.78, 5) is 5.06. The number of rotatable bonds is 8. The van der Waals surface area contributed by atoms with Gasteiger partial charge in [-0.1, -0.05) is 222 Å². The van der Waals surface area contributed by atoms with Crippen LogP contribution in [0.5, 0.6) is 0 Å². The Balaban J connectivity index is 1.03. The van der Waals surface area contributed by atoms with E-state index in [-0.39, 0.29) is 10.8 Å². The number of hydrogen-bond donors (Lipinski definition) is 0. The van der Waals surface area contributed by atoms with Crippen LogP contribution in [0.15, 0.2) is 267 Å². The Hall–Kier alpha value is -9.76. The first-order chi connectivity index (χ1) is 39.2. The molecule has 2 heteroatoms. The Kier molecular flexibility index (Phi) is 10.1. The van der Waals surface area contributed by atoms with E-state index in [1.807, 2.05) is 0 Å². The zero-order chi connectivity index (χ0) is 53.4. The lowest BCUT2D eigenvalue weighted by molar-refractivity contribution is 0.660. The third-order valence-corrected chi connectivity index (χ3v) is 18.1. The van der Waals surface area contributed by atoms with Crippen LogP contribution in [0.3, 0.4) is 0 Å². The van der Waals surface area contributed by atoms with Crippen molar-refractivity contribution in [2.75, 3.05) is 9.80 Å². The molecular formula is C78H56N2. The Bertz CT molecular complexity index is 4530. The van der Waals surface area contributed by atoms with E-state index in [0.717, 1.165) is 34.1 Å². The molecule has 14 aromatic rings. The predicted octanol–water partition coefficient (Wildman–Crippen LogP) is 21.8. The first-order valence-electron chi connectivity index (χ1n) is 28.2. The van der Waals surface area contributed by atoms with Gasteiger partial charge in [-0.2, -0.15) is 0 Å². The molecule has 2 nitrogen and oxygen atoms in total. The lowest BCUT2D eigenvalue weighted by Crippen LogP contribution is -2.17. The number of anilines is 6. The largest absolute Gasteiger partial charge is 0.310 e. The van der Waals surface area contributed by atoms with E-state index in [2.05, 4.69) is 304 Å². The topological polar surface area (TPSA) is 6.48 Å². The number of benzene rings is 14. The molecule has 80 heavy (non-hydrogen) atoms. The number of nitrogens with zero attached hydrogens (tertiary/aromatic N) is 2. The smallest absolute Gasteiger partial charge is 0.0546 e. The Morgan fingerprint density at radius 3 is 1.04 bits per heavy atom. The highest BCUT2D eigenvalue weighted by Crippen LogP contribution is 2.56. The van der Waals surface area contributed by atoms with E-state index in [0.29, 0.717) is 0 Å². The van der Waals surface area contributed by atoms with Crippen molar-refractivity contribution in [1.82, 2.24) is 0 Å². The zero-order valence-electron chi connectivity index (χ0n) is 45.3. The molecule has 0 spiro atoms. The van der Waals surface area contributed by atoms with Gasteiger partial charge >= 0.3 is 0 Å². The summed E-state index contributed by atoms with van der Waals surface area (Å²) in [5.74, 6) is 0. The van der Waals surface area contributed by atoms with Gasteiger partial charge in [-0.15, -0.1) is 0 Å². The molecule has 0 saturated heterocycles. The van der Waals surface area contributed by atoms with Crippen molar-refractivity contribution < 1.29 is 0 Å². The summed E-state index contributed by atoms with van der Waals surface area (Å²) in [6, 6.07) is 101. The summed E-state index contributed by atoms with van der Waals surface area (Å²) >= 11 is 0. The van der Waals surface area contributed by atoms with Crippen LogP contribution >= 0.6 is 0 Å². The molecule has 2 aliphatic carbocycles. The molecule has 378 valence electrons. The van der Waals surface area contributed by atoms with Crippen molar-refractivity contribution in [2.45, 2.75) is 38.5 Å². The molecule has 0 radical (unpaired) electrons. The highest BCUT2D eigenvalue weighted by atomic mass is 15.2. The van der Waals surface area contributed by atoms with Gasteiger partial charge in [0.2, 0.25) is 0 Å². The van der Waals surface area contributed by atoms with Gasteiger partial charge in [0.05, 0.1) is 11.4 Å². The van der Waals surface area contributed by atoms with Crippen LogP contribution in [-0.4, -0.2) is 0 Å². The van der Waals surface area contributed by atoms with Crippen LogP contribution in [0, 0.1) is 0 Å². The minimum absolute atomic E-state index is 0.179. The summed E-state index contributed by atoms with van der Waals surface area (Å²) in [6.07, 6.45) is 0. The molecule has 0 atom stereocenters. The summed E-state index contributed by atoms with van der Waals surface area (Å²) in [7, 11) is 0. The molecule has 0 N–H and O–H groups in total. The molecule has 2 aliphatic rings. The van der Waals surface area contributed by atoms with E-state index in [4.69, 9.17) is 0 Å². The first-order valence-corrected chi connectivity index (χ1v) is 28.2. The lowest BCUT2D eigenvalue weighted by Gasteiger charge is -2.32. The van der Waals surface area contributed by atoms with Gasteiger partial charge in [-0.3, -0.25) is 0 Å². The maximum Gasteiger partial charge on any atom is 0.0546 e. The van der Waals surface area contributed by atoms with Gasteiger partial charge in [0, 0.05) is 55.1 Å². The number of fused-ring (bicyclic) bond motifs is 8. The van der Waals surface area contributed by atoms with Crippen LogP contribution in [0.1, 0.15) is 49.9 Å². The molecule has 0 heterocycles. The van der Waals surface area contributed by atoms with Crippen molar-refractivity contribution in [3.63, 3.8) is 0 Å². The Morgan fingerprint density at radius 1 is 0.237 bits per heavy atom. The SMILES string of the molecule is CC1(C)c2ccccc2-c2ccc(N(c3ccccc3)c3cc(-c4ccc5ccccc5c4)c4ccc5c(N(c6ccccc6)c6ccc7c(c6)C(C)(C)c6ccccc6-7)cc(-c6ccc7ccccc7c6)c6ccc3c4c65)cc21. The predicted molar refractivity (Wildman–Crippen MR) is 341 cm³/mol. The van der Waals surface area contributed by atoms with Gasteiger partial charge in [-0.05, 0) is 172 Å². The molecule has 14 aromatic carbocycles. The fourth-order valence-corrected chi connectivity index (χ4v) is 14.2. The van der Waals surface area contributed by atoms with Gasteiger partial charge in [0.15, 0.2) is 0 Å². The fourth-order valence-electron chi connectivity index (χ4n) is 14.2. The second kappa shape index (κ2) is 17.4. The highest BCUT2D eigenvalue weighted by Gasteiger charge is 2.38. The second-order valence-electron chi connectivity index (χ2n) is 23.2. The molecule has 0 amide bonds. The number of hydrogen-bond acceptors (Lipinski definition) is 2. The molecular weight excluding hydrogens is 965 g/mol. The summed E-state index contributed by atoms with van der Waals surface area (Å²) in [5, 5.41) is 12.2. The molecule has 0 saturated carbocycles. The maximum absolute atomic E-state index is 2.53. The quantitative estimate of drug-likeness (QED) is 0.140.